The van der Waals surface area contributed by atoms with Gasteiger partial charge in [-0.3, -0.25) is 9.69 Å². The van der Waals surface area contributed by atoms with Crippen molar-refractivity contribution in [3.8, 4) is 0 Å². The van der Waals surface area contributed by atoms with Gasteiger partial charge in [-0.15, -0.1) is 0 Å². The summed E-state index contributed by atoms with van der Waals surface area (Å²) < 4.78 is 5.37. The van der Waals surface area contributed by atoms with E-state index < -0.39 is 12.1 Å². The number of amides is 2. The normalized spacial score (nSPS) is 26.8. The number of carboxylic acid groups (broad SMARTS) is 1. The molecule has 7 nitrogen and oxygen atoms in total. The molecular formula is C14H25N3O4. The van der Waals surface area contributed by atoms with E-state index in [1.54, 1.807) is 4.90 Å². The fraction of sp³-hybridized carbons (Fsp3) is 0.857. The summed E-state index contributed by atoms with van der Waals surface area (Å²) in [6.45, 7) is 6.18. The highest BCUT2D eigenvalue weighted by Crippen LogP contribution is 2.16. The van der Waals surface area contributed by atoms with Crippen LogP contribution in [0.4, 0.5) is 4.79 Å². The number of likely N-dealkylation sites (N-methyl/N-ethyl adjacent to an activating group) is 1. The van der Waals surface area contributed by atoms with E-state index in [-0.39, 0.29) is 12.5 Å². The highest BCUT2D eigenvalue weighted by atomic mass is 16.5. The Balaban J connectivity index is 1.76. The molecular weight excluding hydrogens is 274 g/mol. The monoisotopic (exact) mass is 299 g/mol. The molecule has 2 heterocycles. The topological polar surface area (TPSA) is 82.1 Å². The smallest absolute Gasteiger partial charge is 0.317 e. The van der Waals surface area contributed by atoms with Gasteiger partial charge in [0.05, 0.1) is 19.1 Å². The third kappa shape index (κ3) is 4.57. The Bertz CT molecular complexity index is 377. The molecule has 2 atom stereocenters. The van der Waals surface area contributed by atoms with Crippen molar-refractivity contribution in [2.24, 2.45) is 0 Å². The lowest BCUT2D eigenvalue weighted by atomic mass is 10.2. The number of carbonyl (C=O) groups is 2. The minimum absolute atomic E-state index is 0.0595. The van der Waals surface area contributed by atoms with Gasteiger partial charge in [0.15, 0.2) is 0 Å². The molecule has 2 fully saturated rings. The Kier molecular flexibility index (Phi) is 5.81. The van der Waals surface area contributed by atoms with Crippen LogP contribution in [0.5, 0.6) is 0 Å². The van der Waals surface area contributed by atoms with E-state index in [1.165, 1.54) is 6.42 Å². The number of carbonyl (C=O) groups excluding carboxylic acids is 1. The number of rotatable bonds is 5. The number of nitrogens with one attached hydrogen (secondary N) is 1. The maximum Gasteiger partial charge on any atom is 0.317 e. The lowest BCUT2D eigenvalue weighted by molar-refractivity contribution is -0.141. The molecule has 0 saturated carbocycles. The van der Waals surface area contributed by atoms with Crippen LogP contribution in [0.2, 0.25) is 0 Å². The quantitative estimate of drug-likeness (QED) is 0.766. The first-order chi connectivity index (χ1) is 10.1. The van der Waals surface area contributed by atoms with Crippen molar-refractivity contribution in [2.75, 3.05) is 39.3 Å². The number of hydrogen-bond acceptors (Lipinski definition) is 4. The number of likely N-dealkylation sites (tertiary alicyclic amines) is 1. The van der Waals surface area contributed by atoms with Crippen molar-refractivity contribution in [3.05, 3.63) is 0 Å². The van der Waals surface area contributed by atoms with Crippen LogP contribution in [0, 0.1) is 0 Å². The van der Waals surface area contributed by atoms with Crippen LogP contribution >= 0.6 is 0 Å². The number of ether oxygens (including phenoxy) is 1. The maximum atomic E-state index is 12.2. The Labute approximate surface area is 125 Å². The molecule has 2 amide bonds. The van der Waals surface area contributed by atoms with Crippen molar-refractivity contribution in [1.29, 1.82) is 0 Å². The second kappa shape index (κ2) is 7.61. The van der Waals surface area contributed by atoms with Crippen LogP contribution in [0.1, 0.15) is 26.2 Å². The Morgan fingerprint density at radius 2 is 2.19 bits per heavy atom. The molecule has 0 radical (unpaired) electrons. The van der Waals surface area contributed by atoms with Crippen LogP contribution in [-0.2, 0) is 9.53 Å². The largest absolute Gasteiger partial charge is 0.481 e. The maximum absolute atomic E-state index is 12.2. The van der Waals surface area contributed by atoms with Gasteiger partial charge in [0.1, 0.15) is 0 Å². The number of carboxylic acids is 1. The predicted octanol–water partition coefficient (Wildman–Crippen LogP) is 0.356. The molecule has 2 N–H and O–H groups in total. The molecule has 2 aliphatic heterocycles. The lowest BCUT2D eigenvalue weighted by Crippen LogP contribution is -2.52. The van der Waals surface area contributed by atoms with Gasteiger partial charge in [-0.25, -0.2) is 4.79 Å². The number of urea groups is 1. The van der Waals surface area contributed by atoms with Crippen LogP contribution in [-0.4, -0.2) is 78.4 Å². The summed E-state index contributed by atoms with van der Waals surface area (Å²) in [4.78, 5) is 26.9. The Morgan fingerprint density at radius 1 is 1.38 bits per heavy atom. The van der Waals surface area contributed by atoms with Gasteiger partial charge in [0.2, 0.25) is 0 Å². The Morgan fingerprint density at radius 3 is 2.90 bits per heavy atom. The second-order valence-corrected chi connectivity index (χ2v) is 5.65. The third-order valence-electron chi connectivity index (χ3n) is 4.22. The van der Waals surface area contributed by atoms with E-state index >= 15 is 0 Å². The fourth-order valence-corrected chi connectivity index (χ4v) is 3.08. The fourth-order valence-electron chi connectivity index (χ4n) is 3.08. The van der Waals surface area contributed by atoms with Gasteiger partial charge < -0.3 is 20.1 Å². The summed E-state index contributed by atoms with van der Waals surface area (Å²) in [5.41, 5.74) is 0. The first-order valence-electron chi connectivity index (χ1n) is 7.70. The van der Waals surface area contributed by atoms with E-state index in [0.717, 1.165) is 19.5 Å². The third-order valence-corrected chi connectivity index (χ3v) is 4.22. The number of hydrogen-bond donors (Lipinski definition) is 2. The van der Waals surface area contributed by atoms with Crippen molar-refractivity contribution in [3.63, 3.8) is 0 Å². The lowest BCUT2D eigenvalue weighted by Gasteiger charge is -2.33. The van der Waals surface area contributed by atoms with Crippen molar-refractivity contribution < 1.29 is 19.4 Å². The van der Waals surface area contributed by atoms with Gasteiger partial charge in [-0.1, -0.05) is 6.92 Å². The minimum atomic E-state index is -0.896. The number of aliphatic carboxylic acids is 1. The molecule has 21 heavy (non-hydrogen) atoms. The molecule has 0 spiro atoms. The molecule has 7 heteroatoms. The van der Waals surface area contributed by atoms with Crippen molar-refractivity contribution in [2.45, 2.75) is 38.3 Å². The summed E-state index contributed by atoms with van der Waals surface area (Å²) in [5, 5.41) is 11.8. The Hall–Kier alpha value is -1.34. The van der Waals surface area contributed by atoms with Gasteiger partial charge in [-0.05, 0) is 25.9 Å². The van der Waals surface area contributed by atoms with E-state index in [0.29, 0.717) is 32.3 Å². The minimum Gasteiger partial charge on any atom is -0.481 e. The highest BCUT2D eigenvalue weighted by molar-refractivity contribution is 5.74. The molecule has 2 rings (SSSR count). The van der Waals surface area contributed by atoms with Crippen LogP contribution in [0.15, 0.2) is 0 Å². The first-order valence-corrected chi connectivity index (χ1v) is 7.70. The zero-order chi connectivity index (χ0) is 15.2. The average Bonchev–Trinajstić information content (AvgIpc) is 2.91. The second-order valence-electron chi connectivity index (χ2n) is 5.65. The molecule has 0 bridgehead atoms. The predicted molar refractivity (Wildman–Crippen MR) is 77.2 cm³/mol. The molecule has 2 saturated heterocycles. The van der Waals surface area contributed by atoms with Gasteiger partial charge in [0.25, 0.3) is 0 Å². The number of morpholine rings is 1. The average molecular weight is 299 g/mol. The van der Waals surface area contributed by atoms with Crippen molar-refractivity contribution >= 4 is 12.0 Å². The van der Waals surface area contributed by atoms with E-state index in [1.807, 2.05) is 0 Å². The first kappa shape index (κ1) is 16.0. The van der Waals surface area contributed by atoms with E-state index in [9.17, 15) is 9.59 Å². The van der Waals surface area contributed by atoms with Gasteiger partial charge in [-0.2, -0.15) is 0 Å². The molecule has 2 unspecified atom stereocenters. The number of nitrogens with zero attached hydrogens (tertiary/aromatic N) is 2. The molecule has 0 aliphatic carbocycles. The zero-order valence-corrected chi connectivity index (χ0v) is 12.6. The summed E-state index contributed by atoms with van der Waals surface area (Å²) in [7, 11) is 0. The van der Waals surface area contributed by atoms with Crippen LogP contribution in [0.25, 0.3) is 0 Å². The summed E-state index contributed by atoms with van der Waals surface area (Å²) in [6.07, 6.45) is 1.85. The molecule has 0 aromatic heterocycles. The molecule has 0 aromatic rings. The van der Waals surface area contributed by atoms with Crippen molar-refractivity contribution in [1.82, 2.24) is 15.1 Å². The molecule has 0 aromatic carbocycles. The van der Waals surface area contributed by atoms with E-state index in [2.05, 4.69) is 17.1 Å². The van der Waals surface area contributed by atoms with E-state index in [4.69, 9.17) is 9.84 Å². The molecule has 2 aliphatic rings. The SMILES string of the molecule is CCN1CCCC1CNC(=O)N1CCOC(CC(=O)O)C1. The zero-order valence-electron chi connectivity index (χ0n) is 12.6. The summed E-state index contributed by atoms with van der Waals surface area (Å²) >= 11 is 0. The molecule has 120 valence electrons. The highest BCUT2D eigenvalue weighted by Gasteiger charge is 2.27. The van der Waals surface area contributed by atoms with Crippen LogP contribution < -0.4 is 5.32 Å². The van der Waals surface area contributed by atoms with Gasteiger partial charge >= 0.3 is 12.0 Å². The van der Waals surface area contributed by atoms with Crippen LogP contribution in [0.3, 0.4) is 0 Å². The van der Waals surface area contributed by atoms with Gasteiger partial charge in [0, 0.05) is 25.7 Å². The summed E-state index contributed by atoms with van der Waals surface area (Å²) in [5.74, 6) is -0.896. The summed E-state index contributed by atoms with van der Waals surface area (Å²) in [6, 6.07) is 0.312. The standard InChI is InChI=1S/C14H25N3O4/c1-2-16-5-3-4-11(16)9-15-14(20)17-6-7-21-12(10-17)8-13(18)19/h11-12H,2-10H2,1H3,(H,15,20)(H,18,19).